The zero-order valence-corrected chi connectivity index (χ0v) is 59.7. The molecule has 4 aromatic rings. The summed E-state index contributed by atoms with van der Waals surface area (Å²) >= 11 is 7.15. The smallest absolute Gasteiger partial charge is 0.321 e. The summed E-state index contributed by atoms with van der Waals surface area (Å²) in [6.07, 6.45) is -9.31. The second kappa shape index (κ2) is 34.3. The number of rotatable bonds is 16. The minimum atomic E-state index is -2.31. The number of amides is 10. The Morgan fingerprint density at radius 1 is 0.726 bits per heavy atom. The maximum Gasteiger partial charge on any atom is 0.321 e. The van der Waals surface area contributed by atoms with Crippen LogP contribution in [0.25, 0.3) is 11.1 Å². The van der Waals surface area contributed by atoms with Gasteiger partial charge in [-0.1, -0.05) is 69.8 Å². The van der Waals surface area contributed by atoms with E-state index in [0.717, 1.165) is 61.7 Å². The van der Waals surface area contributed by atoms with Crippen molar-refractivity contribution in [3.8, 4) is 51.4 Å². The normalized spacial score (nSPS) is 26.7. The Labute approximate surface area is 614 Å². The van der Waals surface area contributed by atoms with Crippen LogP contribution in [0.1, 0.15) is 118 Å². The van der Waals surface area contributed by atoms with Gasteiger partial charge in [-0.15, -0.1) is 0 Å². The van der Waals surface area contributed by atoms with Crippen LogP contribution in [-0.2, 0) is 43.1 Å². The van der Waals surface area contributed by atoms with Gasteiger partial charge in [0.15, 0.2) is 11.5 Å². The summed E-state index contributed by atoms with van der Waals surface area (Å²) < 4.78 is 25.6. The van der Waals surface area contributed by atoms with Gasteiger partial charge in [-0.3, -0.25) is 43.7 Å². The Balaban J connectivity index is 1.21. The van der Waals surface area contributed by atoms with Crippen LogP contribution in [0.3, 0.4) is 0 Å². The van der Waals surface area contributed by atoms with Crippen molar-refractivity contribution in [3.05, 3.63) is 111 Å². The van der Waals surface area contributed by atoms with Crippen LogP contribution >= 0.6 is 11.6 Å². The van der Waals surface area contributed by atoms with Gasteiger partial charge in [-0.25, -0.2) is 4.79 Å². The van der Waals surface area contributed by atoms with Gasteiger partial charge < -0.3 is 117 Å². The predicted octanol–water partition coefficient (Wildman–Crippen LogP) is 0.421. The number of benzene rings is 4. The number of likely N-dealkylation sites (N-methyl/N-ethyl adjacent to an activating group) is 2. The molecule has 106 heavy (non-hydrogen) atoms. The second-order valence-electron chi connectivity index (χ2n) is 27.5. The molecule has 15 atom stereocenters. The summed E-state index contributed by atoms with van der Waals surface area (Å²) in [5.74, 6) is -14.7. The quantitative estimate of drug-likeness (QED) is 0.0676. The largest absolute Gasteiger partial charge is 0.508 e. The van der Waals surface area contributed by atoms with Crippen molar-refractivity contribution in [2.24, 2.45) is 11.8 Å². The molecule has 8 aliphatic rings. The van der Waals surface area contributed by atoms with Crippen molar-refractivity contribution in [2.45, 2.75) is 158 Å². The number of nitrogens with one attached hydrogen (secondary N) is 9. The molecule has 2 fully saturated rings. The molecule has 18 N–H and O–H groups in total. The molecule has 1 aliphatic carbocycles. The molecule has 0 saturated carbocycles. The molecule has 572 valence electrons. The lowest BCUT2D eigenvalue weighted by atomic mass is 9.87. The first-order chi connectivity index (χ1) is 50.5. The highest BCUT2D eigenvalue weighted by atomic mass is 35.5. The van der Waals surface area contributed by atoms with Crippen molar-refractivity contribution in [1.82, 2.24) is 57.7 Å². The highest BCUT2D eigenvalue weighted by Crippen LogP contribution is 2.48. The van der Waals surface area contributed by atoms with Crippen molar-refractivity contribution >= 4 is 64.9 Å². The molecule has 10 amide bonds. The minimum Gasteiger partial charge on any atom is -0.508 e. The summed E-state index contributed by atoms with van der Waals surface area (Å²) in [7, 11) is 3.33. The minimum absolute atomic E-state index is 0.0320. The fourth-order valence-corrected chi connectivity index (χ4v) is 13.7. The number of hydrogen-bond acceptors (Lipinski definition) is 24. The number of halogens is 1. The van der Waals surface area contributed by atoms with Gasteiger partial charge in [0, 0.05) is 55.8 Å². The fraction of sp³-hybridized carbons (Fsp3) is 0.486. The zero-order valence-electron chi connectivity index (χ0n) is 59.0. The number of aromatic hydroxyl groups is 3. The maximum absolute atomic E-state index is 16.3. The molecular formula is C72H90ClN11O22. The number of imide groups is 1. The summed E-state index contributed by atoms with van der Waals surface area (Å²) in [4.78, 5) is 139. The van der Waals surface area contributed by atoms with Gasteiger partial charge in [0.05, 0.1) is 30.2 Å². The van der Waals surface area contributed by atoms with Gasteiger partial charge in [0.2, 0.25) is 59.3 Å². The molecule has 7 heterocycles. The number of hydrogen-bond donors (Lipinski definition) is 18. The molecule has 0 spiro atoms. The number of unbranched alkanes of at least 4 members (excludes halogenated alkanes) is 3. The van der Waals surface area contributed by atoms with E-state index >= 15 is 28.8 Å². The van der Waals surface area contributed by atoms with E-state index < -0.39 is 198 Å². The van der Waals surface area contributed by atoms with Crippen LogP contribution in [0.2, 0.25) is 0 Å². The van der Waals surface area contributed by atoms with Crippen molar-refractivity contribution in [2.75, 3.05) is 53.4 Å². The first-order valence-electron chi connectivity index (χ1n) is 35.0. The standard InChI is InChI=1S/C72H90ClN11O22/c1-7-8-9-10-17-75-72(102)77-51(89)30-43-65(96)78-54-37-26-48(103-46-15-12-35(23-33(46)4)58(90)56(68(99)76-43)81-64(95)42(74-5)22-32(2)3)63(106-71-62(94)61(93)60(92)50(31-85)105-71)49(27-37)104-47-16-13-36(25-41(47)73)59(91)57-69(100)80-55(70(101)84-20-18-83(6)19-21-84)40-28-38(86)29-45(88)52(40)39-24-34(11-14-44(39)87)53(66(97)82-57)79-67(54)98/h11-12,14-16,23-29,32,36,42-43,50,53-62,71,74,85-88,90-94H,7-10,13,17-22,30-31H2,1-6H3,(H,76,99)(H,78,96)(H,79,98)(H,80,100)(H,81,95)(H,82,97)(H2,75,77,89,102)/t36-,42+,43-,50+,53+,54+,55-,56+,57-,58+,59+,60+,61-,62+,71-/m0/s1. The topological polar surface area (TPSA) is 487 Å². The number of allylic oxidation sites excluding steroid dienone is 2. The Hall–Kier alpha value is -9.68. The van der Waals surface area contributed by atoms with E-state index in [1.165, 1.54) is 49.2 Å². The third-order valence-electron chi connectivity index (χ3n) is 19.3. The number of piperazine rings is 1. The van der Waals surface area contributed by atoms with Gasteiger partial charge in [0.1, 0.15) is 95.5 Å². The van der Waals surface area contributed by atoms with Crippen LogP contribution in [0.5, 0.6) is 40.2 Å². The summed E-state index contributed by atoms with van der Waals surface area (Å²) in [5.41, 5.74) is -1.52. The molecule has 33 nitrogen and oxygen atoms in total. The number of carbonyl (C=O) groups excluding carboxylic acids is 9. The van der Waals surface area contributed by atoms with Crippen LogP contribution in [0.4, 0.5) is 4.79 Å². The van der Waals surface area contributed by atoms with E-state index in [4.69, 9.17) is 30.5 Å². The average molecular weight is 1500 g/mol. The van der Waals surface area contributed by atoms with E-state index in [2.05, 4.69) is 47.9 Å². The highest BCUT2D eigenvalue weighted by molar-refractivity contribution is 6.31. The van der Waals surface area contributed by atoms with Crippen LogP contribution in [-0.4, -0.2) is 223 Å². The van der Waals surface area contributed by atoms with Crippen molar-refractivity contribution in [1.29, 1.82) is 0 Å². The number of urea groups is 1. The summed E-state index contributed by atoms with van der Waals surface area (Å²) in [5, 5.41) is 127. The van der Waals surface area contributed by atoms with Crippen LogP contribution in [0, 0.1) is 18.8 Å². The van der Waals surface area contributed by atoms with E-state index in [-0.39, 0.29) is 88.3 Å². The molecule has 2 saturated heterocycles. The lowest BCUT2D eigenvalue weighted by Gasteiger charge is -2.40. The van der Waals surface area contributed by atoms with Gasteiger partial charge in [-0.05, 0) is 123 Å². The Kier molecular flexibility index (Phi) is 25.5. The van der Waals surface area contributed by atoms with Crippen LogP contribution < -0.4 is 62.1 Å². The van der Waals surface area contributed by atoms with E-state index in [1.807, 2.05) is 32.7 Å². The number of phenolic OH excluding ortho intramolecular Hbond substituents is 3. The van der Waals surface area contributed by atoms with E-state index in [1.54, 1.807) is 0 Å². The molecule has 0 radical (unpaired) electrons. The lowest BCUT2D eigenvalue weighted by Crippen LogP contribution is -2.60. The van der Waals surface area contributed by atoms with Crippen molar-refractivity contribution < 1.29 is 108 Å². The molecule has 4 aromatic carbocycles. The van der Waals surface area contributed by atoms with E-state index in [9.17, 15) is 60.3 Å². The molecule has 0 aromatic heterocycles. The van der Waals surface area contributed by atoms with Gasteiger partial charge in [-0.2, -0.15) is 0 Å². The Morgan fingerprint density at radius 2 is 1.42 bits per heavy atom. The number of nitrogens with zero attached hydrogens (tertiary/aromatic N) is 2. The summed E-state index contributed by atoms with van der Waals surface area (Å²) in [6.45, 7) is 7.39. The average Bonchev–Trinajstić information content (AvgIpc) is 0.767. The molecular weight excluding hydrogens is 1410 g/mol. The number of aryl methyl sites for hydroxylation is 1. The molecule has 7 aliphatic heterocycles. The summed E-state index contributed by atoms with van der Waals surface area (Å²) in [6, 6.07) is -3.13. The zero-order chi connectivity index (χ0) is 76.7. The van der Waals surface area contributed by atoms with E-state index in [0.29, 0.717) is 19.5 Å². The lowest BCUT2D eigenvalue weighted by molar-refractivity contribution is -0.277. The molecule has 12 rings (SSSR count). The van der Waals surface area contributed by atoms with Crippen LogP contribution in [0.15, 0.2) is 83.6 Å². The number of carbonyl (C=O) groups is 9. The second-order valence-corrected chi connectivity index (χ2v) is 27.9. The maximum atomic E-state index is 16.3. The van der Waals surface area contributed by atoms with Crippen molar-refractivity contribution in [3.63, 3.8) is 0 Å². The third-order valence-corrected chi connectivity index (χ3v) is 19.7. The third kappa shape index (κ3) is 17.9. The SMILES string of the molecule is CCCCCCNC(=O)NC(=O)C[C@@H]1NC(=O)[C@H](NC(=O)[C@@H](CC(C)C)NC)[C@H](O)c2ccc(c(C)c2)Oc2cc3cc(c2O[C@@H]2O[C@H](CO)[C@@H](O)[C@H](O)[C@H]2O)OC2=CC[C@@H](C=C2Cl)[C@@H](O)[C@@H]2NC(=O)[C@H](NC(=O)[C@@H]3NC1=O)c1ccc(O)c(c1)-c1c(O)cc(O)cc1[C@@H](C(=O)N1CCN(C)CC1)NC2=O. The molecule has 11 bridgehead atoms. The van der Waals surface area contributed by atoms with Gasteiger partial charge in [0.25, 0.3) is 0 Å². The number of ether oxygens (including phenoxy) is 4. The monoisotopic (exact) mass is 1500 g/mol. The number of phenols is 3. The molecule has 0 unspecified atom stereocenters. The Morgan fingerprint density at radius 3 is 2.09 bits per heavy atom. The highest BCUT2D eigenvalue weighted by Gasteiger charge is 2.48. The fourth-order valence-electron chi connectivity index (χ4n) is 13.4. The molecule has 34 heteroatoms. The number of aliphatic hydroxyl groups excluding tert-OH is 6. The first-order valence-corrected chi connectivity index (χ1v) is 35.3. The first kappa shape index (κ1) is 78.9. The number of fused-ring (bicyclic) bond motifs is 14. The van der Waals surface area contributed by atoms with Gasteiger partial charge >= 0.3 is 6.03 Å². The predicted molar refractivity (Wildman–Crippen MR) is 376 cm³/mol. The Bertz CT molecular complexity index is 4070. The number of aliphatic hydroxyl groups is 6.